The monoisotopic (exact) mass is 536 g/mol. The third-order valence-corrected chi connectivity index (χ3v) is 12.0. The van der Waals surface area contributed by atoms with Gasteiger partial charge in [-0.3, -0.25) is 4.18 Å². The minimum Gasteiger partial charge on any atom is -0.378 e. The van der Waals surface area contributed by atoms with Crippen molar-refractivity contribution >= 4 is 10.1 Å². The molecule has 4 rings (SSSR count). The summed E-state index contributed by atoms with van der Waals surface area (Å²) in [5, 5.41) is 0. The molecular formula is C32H56O4S. The molecule has 0 N–H and O–H groups in total. The van der Waals surface area contributed by atoms with Gasteiger partial charge in [-0.05, 0) is 111 Å². The summed E-state index contributed by atoms with van der Waals surface area (Å²) in [7, 11) is -3.33. The Hall–Kier alpha value is -0.390. The Labute approximate surface area is 228 Å². The van der Waals surface area contributed by atoms with E-state index < -0.39 is 10.1 Å². The third-order valence-electron chi connectivity index (χ3n) is 11.4. The summed E-state index contributed by atoms with van der Waals surface area (Å²) in [5.74, 6) is 5.29. The van der Waals surface area contributed by atoms with E-state index in [1.807, 2.05) is 0 Å². The molecule has 5 heteroatoms. The molecule has 0 aromatic rings. The smallest absolute Gasteiger partial charge is 0.264 e. The quantitative estimate of drug-likeness (QED) is 0.143. The molecule has 0 spiro atoms. The molecule has 0 bridgehead atoms. The minimum absolute atomic E-state index is 0.261. The molecule has 4 aliphatic carbocycles. The Morgan fingerprint density at radius 3 is 2.43 bits per heavy atom. The Balaban J connectivity index is 1.31. The number of hydrogen-bond acceptors (Lipinski definition) is 4. The van der Waals surface area contributed by atoms with Gasteiger partial charge in [-0.25, -0.2) is 0 Å². The predicted molar refractivity (Wildman–Crippen MR) is 153 cm³/mol. The van der Waals surface area contributed by atoms with Gasteiger partial charge >= 0.3 is 0 Å². The van der Waals surface area contributed by atoms with E-state index in [1.165, 1.54) is 57.8 Å². The van der Waals surface area contributed by atoms with Gasteiger partial charge in [-0.15, -0.1) is 0 Å². The fraction of sp³-hybridized carbons (Fsp3) is 0.938. The predicted octanol–water partition coefficient (Wildman–Crippen LogP) is 8.17. The van der Waals surface area contributed by atoms with Crippen LogP contribution in [0.5, 0.6) is 0 Å². The van der Waals surface area contributed by atoms with Crippen LogP contribution in [-0.2, 0) is 19.0 Å². The molecule has 37 heavy (non-hydrogen) atoms. The highest BCUT2D eigenvalue weighted by Crippen LogP contribution is 2.67. The van der Waals surface area contributed by atoms with Crippen molar-refractivity contribution in [2.24, 2.45) is 46.3 Å². The van der Waals surface area contributed by atoms with Crippen molar-refractivity contribution in [2.45, 2.75) is 124 Å². The largest absolute Gasteiger partial charge is 0.378 e. The van der Waals surface area contributed by atoms with Gasteiger partial charge in [0, 0.05) is 6.61 Å². The third kappa shape index (κ3) is 6.68. The normalized spacial score (nSPS) is 38.6. The van der Waals surface area contributed by atoms with Crippen LogP contribution in [0.15, 0.2) is 11.6 Å². The zero-order chi connectivity index (χ0) is 26.8. The molecule has 3 saturated carbocycles. The van der Waals surface area contributed by atoms with Crippen LogP contribution in [-0.4, -0.2) is 34.0 Å². The summed E-state index contributed by atoms with van der Waals surface area (Å²) < 4.78 is 33.3. The SMILES string of the molecule is CC(C)CCC[C@@H](C)[C@H]1CC[C@H]2[C@@H]3CC=C4CC(OCCCCOS(C)(=O)=O)CC[C@]4(C)[C@H]3CC[C@]12C. The van der Waals surface area contributed by atoms with Crippen molar-refractivity contribution in [3.63, 3.8) is 0 Å². The standard InChI is InChI=1S/C32H56O4S/c1-23(2)10-9-11-24(3)28-14-15-29-27-13-12-25-22-26(35-20-7-8-21-36-37(6,33)34)16-18-31(25,4)30(27)17-19-32(28,29)5/h12,23-24,26-30H,7-11,13-22H2,1-6H3/t24-,26?,27+,28-,29+,30+,31+,32-/m1/s1. The molecule has 8 atom stereocenters. The molecule has 0 aliphatic heterocycles. The lowest BCUT2D eigenvalue weighted by Crippen LogP contribution is -2.51. The highest BCUT2D eigenvalue weighted by atomic mass is 32.2. The molecule has 0 saturated heterocycles. The second-order valence-corrected chi connectivity index (χ2v) is 15.9. The molecule has 4 aliphatic rings. The average Bonchev–Trinajstić information content (AvgIpc) is 3.17. The summed E-state index contributed by atoms with van der Waals surface area (Å²) in [6, 6.07) is 0. The maximum absolute atomic E-state index is 11.1. The highest BCUT2D eigenvalue weighted by Gasteiger charge is 2.59. The number of rotatable bonds is 12. The van der Waals surface area contributed by atoms with E-state index in [2.05, 4.69) is 40.7 Å². The van der Waals surface area contributed by atoms with Crippen molar-refractivity contribution in [1.82, 2.24) is 0 Å². The van der Waals surface area contributed by atoms with Crippen LogP contribution < -0.4 is 0 Å². The average molecular weight is 537 g/mol. The zero-order valence-electron chi connectivity index (χ0n) is 24.8. The van der Waals surface area contributed by atoms with Gasteiger partial charge in [0.05, 0.1) is 19.0 Å². The first kappa shape index (κ1) is 29.6. The maximum Gasteiger partial charge on any atom is 0.264 e. The van der Waals surface area contributed by atoms with Crippen LogP contribution in [0.3, 0.4) is 0 Å². The second-order valence-electron chi connectivity index (χ2n) is 14.3. The lowest BCUT2D eigenvalue weighted by atomic mass is 9.47. The van der Waals surface area contributed by atoms with Crippen LogP contribution in [0, 0.1) is 46.3 Å². The van der Waals surface area contributed by atoms with Gasteiger partial charge in [-0.2, -0.15) is 8.42 Å². The van der Waals surface area contributed by atoms with E-state index in [1.54, 1.807) is 5.57 Å². The van der Waals surface area contributed by atoms with E-state index in [0.717, 1.165) is 67.4 Å². The highest BCUT2D eigenvalue weighted by molar-refractivity contribution is 7.85. The zero-order valence-corrected chi connectivity index (χ0v) is 25.6. The molecule has 0 aromatic carbocycles. The number of allylic oxidation sites excluding steroid dienone is 1. The lowest BCUT2D eigenvalue weighted by Gasteiger charge is -2.58. The van der Waals surface area contributed by atoms with Gasteiger partial charge in [0.2, 0.25) is 0 Å². The van der Waals surface area contributed by atoms with E-state index in [0.29, 0.717) is 23.5 Å². The van der Waals surface area contributed by atoms with Crippen LogP contribution >= 0.6 is 0 Å². The van der Waals surface area contributed by atoms with Crippen molar-refractivity contribution in [3.05, 3.63) is 11.6 Å². The first-order chi connectivity index (χ1) is 17.4. The first-order valence-corrected chi connectivity index (χ1v) is 17.4. The molecule has 0 radical (unpaired) electrons. The topological polar surface area (TPSA) is 52.6 Å². The van der Waals surface area contributed by atoms with Crippen molar-refractivity contribution < 1.29 is 17.3 Å². The number of hydrogen-bond donors (Lipinski definition) is 0. The van der Waals surface area contributed by atoms with E-state index in [4.69, 9.17) is 8.92 Å². The van der Waals surface area contributed by atoms with Gasteiger partial charge in [0.15, 0.2) is 0 Å². The Kier molecular flexibility index (Phi) is 9.60. The second kappa shape index (κ2) is 12.0. The van der Waals surface area contributed by atoms with E-state index in [-0.39, 0.29) is 6.61 Å². The maximum atomic E-state index is 11.1. The van der Waals surface area contributed by atoms with Crippen LogP contribution in [0.2, 0.25) is 0 Å². The fourth-order valence-electron chi connectivity index (χ4n) is 9.46. The van der Waals surface area contributed by atoms with Gasteiger partial charge in [-0.1, -0.05) is 65.5 Å². The van der Waals surface area contributed by atoms with Crippen molar-refractivity contribution in [2.75, 3.05) is 19.5 Å². The molecule has 214 valence electrons. The van der Waals surface area contributed by atoms with Gasteiger partial charge in [0.25, 0.3) is 10.1 Å². The summed E-state index contributed by atoms with van der Waals surface area (Å²) in [4.78, 5) is 0. The number of ether oxygens (including phenoxy) is 1. The van der Waals surface area contributed by atoms with Crippen LogP contribution in [0.25, 0.3) is 0 Å². The van der Waals surface area contributed by atoms with Crippen molar-refractivity contribution in [3.8, 4) is 0 Å². The molecule has 3 fully saturated rings. The number of unbranched alkanes of at least 4 members (excludes halogenated alkanes) is 1. The van der Waals surface area contributed by atoms with Crippen LogP contribution in [0.4, 0.5) is 0 Å². The molecular weight excluding hydrogens is 480 g/mol. The first-order valence-electron chi connectivity index (χ1n) is 15.6. The molecule has 1 unspecified atom stereocenters. The van der Waals surface area contributed by atoms with E-state index >= 15 is 0 Å². The fourth-order valence-corrected chi connectivity index (χ4v) is 9.88. The van der Waals surface area contributed by atoms with Gasteiger partial charge < -0.3 is 4.74 Å². The van der Waals surface area contributed by atoms with Crippen LogP contribution in [0.1, 0.15) is 118 Å². The summed E-state index contributed by atoms with van der Waals surface area (Å²) >= 11 is 0. The van der Waals surface area contributed by atoms with Crippen molar-refractivity contribution in [1.29, 1.82) is 0 Å². The Bertz CT molecular complexity index is 894. The Morgan fingerprint density at radius 1 is 0.946 bits per heavy atom. The molecule has 0 aromatic heterocycles. The molecule has 0 amide bonds. The summed E-state index contributed by atoms with van der Waals surface area (Å²) in [6.45, 7) is 13.6. The number of fused-ring (bicyclic) bond motifs is 5. The summed E-state index contributed by atoms with van der Waals surface area (Å²) in [5.41, 5.74) is 2.61. The Morgan fingerprint density at radius 2 is 1.70 bits per heavy atom. The molecule has 4 nitrogen and oxygen atoms in total. The molecule has 0 heterocycles. The minimum atomic E-state index is -3.33. The van der Waals surface area contributed by atoms with Gasteiger partial charge in [0.1, 0.15) is 0 Å². The van der Waals surface area contributed by atoms with E-state index in [9.17, 15) is 8.42 Å². The lowest BCUT2D eigenvalue weighted by molar-refractivity contribution is -0.0641. The summed E-state index contributed by atoms with van der Waals surface area (Å²) in [6.07, 6.45) is 20.5.